The normalized spacial score (nSPS) is 23.4. The maximum Gasteiger partial charge on any atom is 0.0594 e. The lowest BCUT2D eigenvalue weighted by molar-refractivity contribution is 0.0407. The fourth-order valence-corrected chi connectivity index (χ4v) is 1.44. The third-order valence-electron chi connectivity index (χ3n) is 1.68. The molecule has 0 saturated carbocycles. The summed E-state index contributed by atoms with van der Waals surface area (Å²) in [6, 6.07) is 0. The molecule has 0 aromatic heterocycles. The molecule has 4 nitrogen and oxygen atoms in total. The van der Waals surface area contributed by atoms with Gasteiger partial charge < -0.3 is 9.29 Å². The quantitative estimate of drug-likeness (QED) is 0.531. The maximum absolute atomic E-state index is 10.2. The highest BCUT2D eigenvalue weighted by molar-refractivity contribution is 7.79. The third-order valence-corrected chi connectivity index (χ3v) is 2.19. The summed E-state index contributed by atoms with van der Waals surface area (Å²) < 4.78 is 25.5. The van der Waals surface area contributed by atoms with Crippen molar-refractivity contribution in [2.24, 2.45) is 0 Å². The number of rotatable bonds is 3. The standard InChI is InChI=1S/C6H13NO3S/c8-11(9)6-3-7-1-4-10-5-2-7/h1-6H2,(H,8,9)/p-1. The Labute approximate surface area is 68.8 Å². The zero-order valence-electron chi connectivity index (χ0n) is 6.32. The van der Waals surface area contributed by atoms with Gasteiger partial charge in [-0.2, -0.15) is 0 Å². The number of hydrogen-bond donors (Lipinski definition) is 0. The van der Waals surface area contributed by atoms with E-state index in [2.05, 4.69) is 4.90 Å². The zero-order chi connectivity index (χ0) is 8.10. The molecule has 1 aliphatic heterocycles. The Morgan fingerprint density at radius 2 is 2.09 bits per heavy atom. The van der Waals surface area contributed by atoms with Gasteiger partial charge in [0, 0.05) is 25.4 Å². The minimum Gasteiger partial charge on any atom is -0.772 e. The van der Waals surface area contributed by atoms with Crippen molar-refractivity contribution in [1.82, 2.24) is 4.90 Å². The fraction of sp³-hybridized carbons (Fsp3) is 1.00. The molecule has 1 atom stereocenters. The molecule has 0 N–H and O–H groups in total. The lowest BCUT2D eigenvalue weighted by Gasteiger charge is -2.26. The predicted octanol–water partition coefficient (Wildman–Crippen LogP) is -0.802. The van der Waals surface area contributed by atoms with E-state index < -0.39 is 11.1 Å². The number of ether oxygens (including phenoxy) is 1. The van der Waals surface area contributed by atoms with Gasteiger partial charge in [-0.3, -0.25) is 9.11 Å². The van der Waals surface area contributed by atoms with E-state index in [0.717, 1.165) is 26.3 Å². The predicted molar refractivity (Wildman–Crippen MR) is 41.0 cm³/mol. The zero-order valence-corrected chi connectivity index (χ0v) is 7.14. The van der Waals surface area contributed by atoms with Crippen LogP contribution in [0, 0.1) is 0 Å². The van der Waals surface area contributed by atoms with Gasteiger partial charge in [0.1, 0.15) is 0 Å². The van der Waals surface area contributed by atoms with Crippen LogP contribution in [0.1, 0.15) is 0 Å². The summed E-state index contributed by atoms with van der Waals surface area (Å²) in [6.45, 7) is 3.81. The van der Waals surface area contributed by atoms with E-state index in [1.54, 1.807) is 0 Å². The Bertz CT molecular complexity index is 136. The van der Waals surface area contributed by atoms with Gasteiger partial charge >= 0.3 is 0 Å². The van der Waals surface area contributed by atoms with Crippen molar-refractivity contribution in [3.05, 3.63) is 0 Å². The molecule has 0 spiro atoms. The minimum absolute atomic E-state index is 0.236. The number of nitrogens with zero attached hydrogens (tertiary/aromatic N) is 1. The molecule has 5 heteroatoms. The van der Waals surface area contributed by atoms with Gasteiger partial charge in [0.05, 0.1) is 13.2 Å². The smallest absolute Gasteiger partial charge is 0.0594 e. The second-order valence-electron chi connectivity index (χ2n) is 2.46. The van der Waals surface area contributed by atoms with Crippen molar-refractivity contribution in [2.45, 2.75) is 0 Å². The van der Waals surface area contributed by atoms with E-state index in [9.17, 15) is 8.76 Å². The van der Waals surface area contributed by atoms with Crippen molar-refractivity contribution in [3.63, 3.8) is 0 Å². The second-order valence-corrected chi connectivity index (χ2v) is 3.48. The third kappa shape index (κ3) is 3.81. The van der Waals surface area contributed by atoms with Crippen molar-refractivity contribution in [2.75, 3.05) is 38.6 Å². The molecule has 1 aliphatic rings. The Morgan fingerprint density at radius 3 is 2.64 bits per heavy atom. The highest BCUT2D eigenvalue weighted by Crippen LogP contribution is 1.95. The molecular formula is C6H12NO3S-. The average Bonchev–Trinajstić information content (AvgIpc) is 2.03. The number of hydrogen-bond acceptors (Lipinski definition) is 4. The van der Waals surface area contributed by atoms with Crippen molar-refractivity contribution in [3.8, 4) is 0 Å². The first-order chi connectivity index (χ1) is 5.29. The van der Waals surface area contributed by atoms with Crippen LogP contribution >= 0.6 is 0 Å². The molecule has 1 unspecified atom stereocenters. The van der Waals surface area contributed by atoms with Gasteiger partial charge in [-0.05, 0) is 0 Å². The molecule has 0 aromatic carbocycles. The van der Waals surface area contributed by atoms with Crippen LogP contribution in [-0.4, -0.2) is 52.3 Å². The van der Waals surface area contributed by atoms with E-state index >= 15 is 0 Å². The summed E-state index contributed by atoms with van der Waals surface area (Å²) in [7, 11) is 0. The van der Waals surface area contributed by atoms with Crippen LogP contribution in [0.25, 0.3) is 0 Å². The minimum atomic E-state index is -1.90. The number of morpholine rings is 1. The topological polar surface area (TPSA) is 52.6 Å². The molecule has 0 radical (unpaired) electrons. The lowest BCUT2D eigenvalue weighted by atomic mass is 10.4. The van der Waals surface area contributed by atoms with Crippen LogP contribution in [0.4, 0.5) is 0 Å². The monoisotopic (exact) mass is 178 g/mol. The summed E-state index contributed by atoms with van der Waals surface area (Å²) in [4.78, 5) is 2.10. The lowest BCUT2D eigenvalue weighted by Crippen LogP contribution is -2.38. The Hall–Kier alpha value is 0.0300. The Morgan fingerprint density at radius 1 is 1.45 bits per heavy atom. The molecular weight excluding hydrogens is 166 g/mol. The molecule has 1 fully saturated rings. The van der Waals surface area contributed by atoms with E-state index in [-0.39, 0.29) is 5.75 Å². The molecule has 66 valence electrons. The first-order valence-corrected chi connectivity index (χ1v) is 4.89. The summed E-state index contributed by atoms with van der Waals surface area (Å²) >= 11 is -1.90. The van der Waals surface area contributed by atoms with Crippen LogP contribution in [0.3, 0.4) is 0 Å². The van der Waals surface area contributed by atoms with Gasteiger partial charge in [-0.25, -0.2) is 0 Å². The second kappa shape index (κ2) is 4.82. The molecule has 0 aliphatic carbocycles. The van der Waals surface area contributed by atoms with Gasteiger partial charge in [-0.1, -0.05) is 11.1 Å². The van der Waals surface area contributed by atoms with Crippen molar-refractivity contribution >= 4 is 11.1 Å². The highest BCUT2D eigenvalue weighted by Gasteiger charge is 2.08. The van der Waals surface area contributed by atoms with Gasteiger partial charge in [-0.15, -0.1) is 0 Å². The van der Waals surface area contributed by atoms with Gasteiger partial charge in [0.25, 0.3) is 0 Å². The maximum atomic E-state index is 10.2. The van der Waals surface area contributed by atoms with Gasteiger partial charge in [0.2, 0.25) is 0 Å². The van der Waals surface area contributed by atoms with E-state index in [1.807, 2.05) is 0 Å². The van der Waals surface area contributed by atoms with Crippen LogP contribution in [0.5, 0.6) is 0 Å². The van der Waals surface area contributed by atoms with Crippen LogP contribution < -0.4 is 0 Å². The molecule has 0 amide bonds. The Balaban J connectivity index is 2.09. The SMILES string of the molecule is O=S([O-])CCN1CCOCC1. The first kappa shape index (κ1) is 9.12. The molecule has 1 rings (SSSR count). The van der Waals surface area contributed by atoms with Crippen LogP contribution in [0.2, 0.25) is 0 Å². The summed E-state index contributed by atoms with van der Waals surface area (Å²) in [6.07, 6.45) is 0. The molecule has 0 aromatic rings. The van der Waals surface area contributed by atoms with E-state index in [4.69, 9.17) is 4.74 Å². The largest absolute Gasteiger partial charge is 0.772 e. The fourth-order valence-electron chi connectivity index (χ4n) is 1.03. The van der Waals surface area contributed by atoms with Crippen molar-refractivity contribution < 1.29 is 13.5 Å². The molecule has 0 bridgehead atoms. The summed E-state index contributed by atoms with van der Waals surface area (Å²) in [5, 5.41) is 0. The highest BCUT2D eigenvalue weighted by atomic mass is 32.2. The molecule has 1 heterocycles. The first-order valence-electron chi connectivity index (χ1n) is 3.65. The van der Waals surface area contributed by atoms with Crippen molar-refractivity contribution in [1.29, 1.82) is 0 Å². The van der Waals surface area contributed by atoms with Crippen LogP contribution in [0.15, 0.2) is 0 Å². The van der Waals surface area contributed by atoms with E-state index in [0.29, 0.717) is 6.54 Å². The van der Waals surface area contributed by atoms with Crippen LogP contribution in [-0.2, 0) is 15.8 Å². The van der Waals surface area contributed by atoms with E-state index in [1.165, 1.54) is 0 Å². The summed E-state index contributed by atoms with van der Waals surface area (Å²) in [5.74, 6) is 0.236. The molecule has 1 saturated heterocycles. The van der Waals surface area contributed by atoms with Gasteiger partial charge in [0.15, 0.2) is 0 Å². The Kier molecular flexibility index (Phi) is 3.99. The summed E-state index contributed by atoms with van der Waals surface area (Å²) in [5.41, 5.74) is 0. The average molecular weight is 178 g/mol. The molecule has 11 heavy (non-hydrogen) atoms.